The lowest BCUT2D eigenvalue weighted by atomic mass is 10.0. The van der Waals surface area contributed by atoms with Crippen LogP contribution in [0.4, 0.5) is 0 Å². The van der Waals surface area contributed by atoms with Gasteiger partial charge < -0.3 is 14.6 Å². The van der Waals surface area contributed by atoms with Gasteiger partial charge in [-0.15, -0.1) is 0 Å². The monoisotopic (exact) mass is 270 g/mol. The Kier molecular flexibility index (Phi) is 2.68. The molecule has 1 aliphatic rings. The van der Waals surface area contributed by atoms with E-state index in [-0.39, 0.29) is 11.3 Å². The summed E-state index contributed by atoms with van der Waals surface area (Å²) in [6.07, 6.45) is 1.11. The zero-order valence-electron chi connectivity index (χ0n) is 10.5. The Balaban J connectivity index is 2.22. The van der Waals surface area contributed by atoms with Crippen LogP contribution in [-0.2, 0) is 14.3 Å². The van der Waals surface area contributed by atoms with Gasteiger partial charge in [0.2, 0.25) is 0 Å². The van der Waals surface area contributed by atoms with Crippen molar-refractivity contribution < 1.29 is 24.2 Å². The summed E-state index contributed by atoms with van der Waals surface area (Å²) in [5.74, 6) is -0.684. The molecule has 0 amide bonds. The quantitative estimate of drug-likeness (QED) is 0.487. The van der Waals surface area contributed by atoms with Crippen molar-refractivity contribution in [2.24, 2.45) is 0 Å². The molecule has 1 aliphatic heterocycles. The van der Waals surface area contributed by atoms with E-state index in [0.29, 0.717) is 16.7 Å². The van der Waals surface area contributed by atoms with E-state index in [1.807, 2.05) is 0 Å². The predicted octanol–water partition coefficient (Wildman–Crippen LogP) is 2.02. The molecular formula is C15H10O5. The van der Waals surface area contributed by atoms with E-state index < -0.39 is 11.9 Å². The number of carbonyl (C=O) groups is 2. The fraction of sp³-hybridized carbons (Fsp3) is 0.0667. The molecule has 5 heteroatoms. The average molecular weight is 270 g/mol. The molecule has 0 saturated heterocycles. The van der Waals surface area contributed by atoms with E-state index >= 15 is 0 Å². The molecule has 2 aromatic carbocycles. The molecule has 0 atom stereocenters. The van der Waals surface area contributed by atoms with E-state index in [1.165, 1.54) is 13.2 Å². The van der Waals surface area contributed by atoms with Crippen molar-refractivity contribution >= 4 is 28.3 Å². The zero-order chi connectivity index (χ0) is 14.3. The average Bonchev–Trinajstić information content (AvgIpc) is 2.75. The predicted molar refractivity (Wildman–Crippen MR) is 71.2 cm³/mol. The second kappa shape index (κ2) is 4.38. The lowest BCUT2D eigenvalue weighted by Gasteiger charge is -2.03. The summed E-state index contributed by atoms with van der Waals surface area (Å²) >= 11 is 0. The normalized spacial score (nSPS) is 15.2. The van der Waals surface area contributed by atoms with Crippen molar-refractivity contribution in [3.8, 4) is 11.5 Å². The number of ether oxygens (including phenoxy) is 2. The van der Waals surface area contributed by atoms with Gasteiger partial charge in [0.05, 0.1) is 12.7 Å². The van der Waals surface area contributed by atoms with Crippen LogP contribution >= 0.6 is 0 Å². The van der Waals surface area contributed by atoms with Gasteiger partial charge in [0.1, 0.15) is 11.5 Å². The Morgan fingerprint density at radius 3 is 2.85 bits per heavy atom. The SMILES string of the molecule is COC(=O)/C=C1\C(=O)Oc2c1ccc1cc(O)ccc21. The van der Waals surface area contributed by atoms with E-state index in [2.05, 4.69) is 4.74 Å². The Morgan fingerprint density at radius 2 is 2.10 bits per heavy atom. The van der Waals surface area contributed by atoms with Crippen LogP contribution in [0, 0.1) is 0 Å². The Labute approximate surface area is 114 Å². The van der Waals surface area contributed by atoms with Gasteiger partial charge in [-0.25, -0.2) is 9.59 Å². The third-order valence-corrected chi connectivity index (χ3v) is 3.12. The zero-order valence-corrected chi connectivity index (χ0v) is 10.5. The molecule has 0 aromatic heterocycles. The summed E-state index contributed by atoms with van der Waals surface area (Å²) in [6.45, 7) is 0. The number of esters is 2. The van der Waals surface area contributed by atoms with E-state index in [4.69, 9.17) is 4.74 Å². The molecule has 0 saturated carbocycles. The second-order valence-corrected chi connectivity index (χ2v) is 4.32. The number of phenols is 1. The summed E-state index contributed by atoms with van der Waals surface area (Å²) in [6, 6.07) is 8.18. The van der Waals surface area contributed by atoms with E-state index in [0.717, 1.165) is 11.5 Å². The van der Waals surface area contributed by atoms with E-state index in [9.17, 15) is 14.7 Å². The number of methoxy groups -OCH3 is 1. The van der Waals surface area contributed by atoms with Gasteiger partial charge in [0.25, 0.3) is 0 Å². The molecular weight excluding hydrogens is 260 g/mol. The molecule has 20 heavy (non-hydrogen) atoms. The number of hydrogen-bond donors (Lipinski definition) is 1. The minimum Gasteiger partial charge on any atom is -0.508 e. The molecule has 1 N–H and O–H groups in total. The first-order chi connectivity index (χ1) is 9.60. The first-order valence-electron chi connectivity index (χ1n) is 5.88. The van der Waals surface area contributed by atoms with Crippen LogP contribution in [0.25, 0.3) is 16.3 Å². The molecule has 0 aliphatic carbocycles. The summed E-state index contributed by atoms with van der Waals surface area (Å²) in [5.41, 5.74) is 0.709. The number of benzene rings is 2. The van der Waals surface area contributed by atoms with Crippen molar-refractivity contribution in [1.29, 1.82) is 0 Å². The van der Waals surface area contributed by atoms with Crippen LogP contribution in [0.5, 0.6) is 11.5 Å². The number of phenolic OH excluding ortho intramolecular Hbond substituents is 1. The van der Waals surface area contributed by atoms with Gasteiger partial charge in [0.15, 0.2) is 0 Å². The molecule has 0 bridgehead atoms. The molecule has 0 spiro atoms. The van der Waals surface area contributed by atoms with Crippen molar-refractivity contribution in [2.45, 2.75) is 0 Å². The minimum atomic E-state index is -0.615. The highest BCUT2D eigenvalue weighted by molar-refractivity contribution is 6.26. The second-order valence-electron chi connectivity index (χ2n) is 4.32. The van der Waals surface area contributed by atoms with Crippen LogP contribution in [0.1, 0.15) is 5.56 Å². The highest BCUT2D eigenvalue weighted by Gasteiger charge is 2.29. The molecule has 0 fully saturated rings. The van der Waals surface area contributed by atoms with Gasteiger partial charge in [-0.3, -0.25) is 0 Å². The summed E-state index contributed by atoms with van der Waals surface area (Å²) in [7, 11) is 1.24. The molecule has 5 nitrogen and oxygen atoms in total. The third-order valence-electron chi connectivity index (χ3n) is 3.12. The van der Waals surface area contributed by atoms with E-state index in [1.54, 1.807) is 24.3 Å². The maximum atomic E-state index is 11.8. The maximum absolute atomic E-state index is 11.8. The maximum Gasteiger partial charge on any atom is 0.344 e. The lowest BCUT2D eigenvalue weighted by Crippen LogP contribution is -2.04. The third kappa shape index (κ3) is 1.80. The van der Waals surface area contributed by atoms with Crippen molar-refractivity contribution in [1.82, 2.24) is 0 Å². The van der Waals surface area contributed by atoms with Crippen molar-refractivity contribution in [3.05, 3.63) is 42.0 Å². The lowest BCUT2D eigenvalue weighted by molar-refractivity contribution is -0.135. The molecule has 3 rings (SSSR count). The number of aromatic hydroxyl groups is 1. The Morgan fingerprint density at radius 1 is 1.30 bits per heavy atom. The molecule has 2 aromatic rings. The van der Waals surface area contributed by atoms with Crippen LogP contribution in [0.3, 0.4) is 0 Å². The molecule has 1 heterocycles. The first-order valence-corrected chi connectivity index (χ1v) is 5.88. The van der Waals surface area contributed by atoms with Crippen molar-refractivity contribution in [3.63, 3.8) is 0 Å². The van der Waals surface area contributed by atoms with Crippen LogP contribution in [0.15, 0.2) is 36.4 Å². The number of carbonyl (C=O) groups excluding carboxylic acids is 2. The van der Waals surface area contributed by atoms with Gasteiger partial charge in [-0.1, -0.05) is 6.07 Å². The molecule has 100 valence electrons. The topological polar surface area (TPSA) is 72.8 Å². The highest BCUT2D eigenvalue weighted by Crippen LogP contribution is 2.40. The van der Waals surface area contributed by atoms with Crippen LogP contribution in [0.2, 0.25) is 0 Å². The fourth-order valence-electron chi connectivity index (χ4n) is 2.18. The van der Waals surface area contributed by atoms with Gasteiger partial charge in [-0.05, 0) is 29.7 Å². The molecule has 0 unspecified atom stereocenters. The minimum absolute atomic E-state index is 0.132. The van der Waals surface area contributed by atoms with Gasteiger partial charge in [0, 0.05) is 17.0 Å². The number of fused-ring (bicyclic) bond motifs is 3. The van der Waals surface area contributed by atoms with Gasteiger partial charge >= 0.3 is 11.9 Å². The Bertz CT molecular complexity index is 773. The number of rotatable bonds is 1. The highest BCUT2D eigenvalue weighted by atomic mass is 16.5. The van der Waals surface area contributed by atoms with Crippen LogP contribution in [-0.4, -0.2) is 24.2 Å². The standard InChI is InChI=1S/C15H10O5/c1-19-13(17)7-12-11-4-2-8-6-9(16)3-5-10(8)14(11)20-15(12)18/h2-7,16H,1H3/b12-7-. The smallest absolute Gasteiger partial charge is 0.344 e. The van der Waals surface area contributed by atoms with Gasteiger partial charge in [-0.2, -0.15) is 0 Å². The van der Waals surface area contributed by atoms with Crippen molar-refractivity contribution in [2.75, 3.05) is 7.11 Å². The fourth-order valence-corrected chi connectivity index (χ4v) is 2.18. The van der Waals surface area contributed by atoms with Crippen LogP contribution < -0.4 is 4.74 Å². The summed E-state index contributed by atoms with van der Waals surface area (Å²) in [5, 5.41) is 10.9. The largest absolute Gasteiger partial charge is 0.508 e. The summed E-state index contributed by atoms with van der Waals surface area (Å²) < 4.78 is 9.74. The first kappa shape index (κ1) is 12.2. The Hall–Kier alpha value is -2.82. The molecule has 0 radical (unpaired) electrons. The summed E-state index contributed by atoms with van der Waals surface area (Å²) in [4.78, 5) is 23.1. The number of hydrogen-bond acceptors (Lipinski definition) is 5.